The summed E-state index contributed by atoms with van der Waals surface area (Å²) in [6.07, 6.45) is 0. The predicted octanol–water partition coefficient (Wildman–Crippen LogP) is 5.21. The molecule has 2 rings (SSSR count). The highest BCUT2D eigenvalue weighted by Gasteiger charge is 2.15. The van der Waals surface area contributed by atoms with Crippen molar-refractivity contribution < 1.29 is 9.66 Å². The van der Waals surface area contributed by atoms with E-state index in [1.165, 1.54) is 6.07 Å². The van der Waals surface area contributed by atoms with Gasteiger partial charge in [0.2, 0.25) is 0 Å². The van der Waals surface area contributed by atoms with Gasteiger partial charge < -0.3 is 4.74 Å². The molecule has 0 saturated heterocycles. The maximum atomic E-state index is 10.9. The molecule has 21 heavy (non-hydrogen) atoms. The Morgan fingerprint density at radius 3 is 2.48 bits per heavy atom. The summed E-state index contributed by atoms with van der Waals surface area (Å²) in [4.78, 5) is 10.5. The zero-order valence-electron chi connectivity index (χ0n) is 11.5. The summed E-state index contributed by atoms with van der Waals surface area (Å²) in [6, 6.07) is 8.57. The lowest BCUT2D eigenvalue weighted by molar-refractivity contribution is -0.385. The van der Waals surface area contributed by atoms with Crippen LogP contribution in [0.2, 0.25) is 5.02 Å². The molecular weight excluding hydrogens is 358 g/mol. The zero-order chi connectivity index (χ0) is 15.6. The standard InChI is InChI=1S/C15H13BrClNO3/c1-9-6-12(7-10(2)15(9)17)21-8-11-4-3-5-13(14(11)16)18(19)20/h3-7H,8H2,1-2H3. The first-order valence-electron chi connectivity index (χ1n) is 6.21. The van der Waals surface area contributed by atoms with E-state index >= 15 is 0 Å². The van der Waals surface area contributed by atoms with E-state index in [9.17, 15) is 10.1 Å². The Bertz CT molecular complexity index is 680. The number of ether oxygens (including phenoxy) is 1. The van der Waals surface area contributed by atoms with Crippen molar-refractivity contribution in [2.45, 2.75) is 20.5 Å². The summed E-state index contributed by atoms with van der Waals surface area (Å²) in [5.41, 5.74) is 2.61. The molecule has 0 N–H and O–H groups in total. The average Bonchev–Trinajstić information content (AvgIpc) is 2.43. The Hall–Kier alpha value is -1.59. The summed E-state index contributed by atoms with van der Waals surface area (Å²) < 4.78 is 6.16. The van der Waals surface area contributed by atoms with Crippen LogP contribution in [0, 0.1) is 24.0 Å². The first-order chi connectivity index (χ1) is 9.90. The minimum Gasteiger partial charge on any atom is -0.489 e. The van der Waals surface area contributed by atoms with Gasteiger partial charge in [-0.1, -0.05) is 23.7 Å². The van der Waals surface area contributed by atoms with Crippen molar-refractivity contribution in [2.75, 3.05) is 0 Å². The van der Waals surface area contributed by atoms with Crippen molar-refractivity contribution in [1.29, 1.82) is 0 Å². The van der Waals surface area contributed by atoms with E-state index in [0.29, 0.717) is 10.2 Å². The number of hydrogen-bond acceptors (Lipinski definition) is 3. The van der Waals surface area contributed by atoms with Crippen LogP contribution in [-0.4, -0.2) is 4.92 Å². The second kappa shape index (κ2) is 6.45. The first kappa shape index (κ1) is 15.8. The van der Waals surface area contributed by atoms with E-state index in [-0.39, 0.29) is 12.3 Å². The van der Waals surface area contributed by atoms with Crippen LogP contribution in [0.15, 0.2) is 34.8 Å². The van der Waals surface area contributed by atoms with Crippen LogP contribution in [0.3, 0.4) is 0 Å². The van der Waals surface area contributed by atoms with Gasteiger partial charge in [0.15, 0.2) is 0 Å². The number of aryl methyl sites for hydroxylation is 2. The third kappa shape index (κ3) is 3.54. The molecule has 0 spiro atoms. The Labute approximate surface area is 136 Å². The first-order valence-corrected chi connectivity index (χ1v) is 7.38. The van der Waals surface area contributed by atoms with Gasteiger partial charge in [0.1, 0.15) is 16.8 Å². The summed E-state index contributed by atoms with van der Waals surface area (Å²) in [5.74, 6) is 0.688. The van der Waals surface area contributed by atoms with Gasteiger partial charge in [-0.25, -0.2) is 0 Å². The third-order valence-electron chi connectivity index (χ3n) is 3.06. The Balaban J connectivity index is 2.21. The monoisotopic (exact) mass is 369 g/mol. The molecular formula is C15H13BrClNO3. The molecule has 0 aliphatic rings. The molecule has 0 bridgehead atoms. The summed E-state index contributed by atoms with van der Waals surface area (Å²) in [7, 11) is 0. The lowest BCUT2D eigenvalue weighted by Gasteiger charge is -2.11. The Morgan fingerprint density at radius 1 is 1.29 bits per heavy atom. The summed E-state index contributed by atoms with van der Waals surface area (Å²) in [6.45, 7) is 4.06. The van der Waals surface area contributed by atoms with Crippen molar-refractivity contribution in [3.8, 4) is 5.75 Å². The van der Waals surface area contributed by atoms with Gasteiger partial charge in [0.25, 0.3) is 5.69 Å². The van der Waals surface area contributed by atoms with Crippen LogP contribution in [0.4, 0.5) is 5.69 Å². The van der Waals surface area contributed by atoms with Crippen LogP contribution < -0.4 is 4.74 Å². The number of hydrogen-bond donors (Lipinski definition) is 0. The minimum atomic E-state index is -0.426. The molecule has 0 fully saturated rings. The predicted molar refractivity (Wildman–Crippen MR) is 86.1 cm³/mol. The third-order valence-corrected chi connectivity index (χ3v) is 4.57. The second-order valence-electron chi connectivity index (χ2n) is 4.67. The van der Waals surface area contributed by atoms with Crippen LogP contribution >= 0.6 is 27.5 Å². The number of nitro benzene ring substituents is 1. The fraction of sp³-hybridized carbons (Fsp3) is 0.200. The molecule has 0 atom stereocenters. The van der Waals surface area contributed by atoms with Crippen LogP contribution in [0.25, 0.3) is 0 Å². The van der Waals surface area contributed by atoms with Gasteiger partial charge in [0.05, 0.1) is 4.92 Å². The normalized spacial score (nSPS) is 10.5. The highest BCUT2D eigenvalue weighted by Crippen LogP contribution is 2.30. The van der Waals surface area contributed by atoms with Crippen LogP contribution in [0.5, 0.6) is 5.75 Å². The topological polar surface area (TPSA) is 52.4 Å². The second-order valence-corrected chi connectivity index (χ2v) is 5.84. The largest absolute Gasteiger partial charge is 0.489 e. The highest BCUT2D eigenvalue weighted by atomic mass is 79.9. The molecule has 0 heterocycles. The molecule has 6 heteroatoms. The number of nitro groups is 1. The number of benzene rings is 2. The fourth-order valence-electron chi connectivity index (χ4n) is 1.97. The quantitative estimate of drug-likeness (QED) is 0.548. The molecule has 0 unspecified atom stereocenters. The average molecular weight is 371 g/mol. The lowest BCUT2D eigenvalue weighted by Crippen LogP contribution is -1.99. The van der Waals surface area contributed by atoms with E-state index in [0.717, 1.165) is 21.7 Å². The molecule has 0 radical (unpaired) electrons. The number of nitrogens with zero attached hydrogens (tertiary/aromatic N) is 1. The SMILES string of the molecule is Cc1cc(OCc2cccc([N+](=O)[O-])c2Br)cc(C)c1Cl. The van der Waals surface area contributed by atoms with Crippen molar-refractivity contribution in [3.05, 3.63) is 66.6 Å². The van der Waals surface area contributed by atoms with E-state index in [4.69, 9.17) is 16.3 Å². The van der Waals surface area contributed by atoms with E-state index in [1.54, 1.807) is 12.1 Å². The number of rotatable bonds is 4. The molecule has 2 aromatic carbocycles. The van der Waals surface area contributed by atoms with Crippen LogP contribution in [-0.2, 0) is 6.61 Å². The summed E-state index contributed by atoms with van der Waals surface area (Å²) in [5, 5.41) is 11.6. The van der Waals surface area contributed by atoms with Gasteiger partial charge in [0, 0.05) is 16.7 Å². The van der Waals surface area contributed by atoms with E-state index in [2.05, 4.69) is 15.9 Å². The van der Waals surface area contributed by atoms with Gasteiger partial charge in [-0.3, -0.25) is 10.1 Å². The van der Waals surface area contributed by atoms with Gasteiger partial charge in [-0.2, -0.15) is 0 Å². The maximum Gasteiger partial charge on any atom is 0.283 e. The van der Waals surface area contributed by atoms with Gasteiger partial charge in [-0.15, -0.1) is 0 Å². The van der Waals surface area contributed by atoms with Gasteiger partial charge >= 0.3 is 0 Å². The van der Waals surface area contributed by atoms with Gasteiger partial charge in [-0.05, 0) is 53.0 Å². The molecule has 0 aromatic heterocycles. The fourth-order valence-corrected chi connectivity index (χ4v) is 2.60. The van der Waals surface area contributed by atoms with E-state index in [1.807, 2.05) is 26.0 Å². The Morgan fingerprint density at radius 2 is 1.90 bits per heavy atom. The minimum absolute atomic E-state index is 0.0274. The molecule has 0 saturated carbocycles. The zero-order valence-corrected chi connectivity index (χ0v) is 13.9. The maximum absolute atomic E-state index is 10.9. The molecule has 4 nitrogen and oxygen atoms in total. The Kier molecular flexibility index (Phi) is 4.85. The van der Waals surface area contributed by atoms with Crippen LogP contribution in [0.1, 0.15) is 16.7 Å². The van der Waals surface area contributed by atoms with Crippen molar-refractivity contribution in [1.82, 2.24) is 0 Å². The summed E-state index contributed by atoms with van der Waals surface area (Å²) >= 11 is 9.36. The smallest absolute Gasteiger partial charge is 0.283 e. The van der Waals surface area contributed by atoms with Crippen molar-refractivity contribution in [2.24, 2.45) is 0 Å². The lowest BCUT2D eigenvalue weighted by atomic mass is 10.1. The van der Waals surface area contributed by atoms with Crippen molar-refractivity contribution >= 4 is 33.2 Å². The molecule has 2 aromatic rings. The molecule has 0 aliphatic heterocycles. The van der Waals surface area contributed by atoms with E-state index < -0.39 is 4.92 Å². The van der Waals surface area contributed by atoms with Crippen molar-refractivity contribution in [3.63, 3.8) is 0 Å². The molecule has 0 aliphatic carbocycles. The molecule has 0 amide bonds. The molecule has 110 valence electrons. The highest BCUT2D eigenvalue weighted by molar-refractivity contribution is 9.10. The number of halogens is 2.